The van der Waals surface area contributed by atoms with Crippen LogP contribution in [0.25, 0.3) is 0 Å². The molecule has 0 heterocycles. The summed E-state index contributed by atoms with van der Waals surface area (Å²) in [6.07, 6.45) is 2.77. The van der Waals surface area contributed by atoms with Crippen molar-refractivity contribution in [3.05, 3.63) is 0 Å². The first-order valence-electron chi connectivity index (χ1n) is 8.37. The summed E-state index contributed by atoms with van der Waals surface area (Å²) >= 11 is 0. The quantitative estimate of drug-likeness (QED) is 0.859. The number of ketones is 1. The molecule has 0 radical (unpaired) electrons. The smallest absolute Gasteiger partial charge is 0.408 e. The Labute approximate surface area is 134 Å². The van der Waals surface area contributed by atoms with Gasteiger partial charge in [-0.25, -0.2) is 4.79 Å². The molecule has 2 aliphatic rings. The molecule has 0 aliphatic heterocycles. The summed E-state index contributed by atoms with van der Waals surface area (Å²) in [6, 6.07) is -0.514. The van der Waals surface area contributed by atoms with Gasteiger partial charge in [0.1, 0.15) is 6.10 Å². The molecular formula is C18H31NO3. The summed E-state index contributed by atoms with van der Waals surface area (Å²) in [5, 5.41) is 2.78. The van der Waals surface area contributed by atoms with Gasteiger partial charge in [0.05, 0.1) is 6.04 Å². The number of nitrogens with one attached hydrogen (secondary N) is 1. The molecule has 0 aromatic carbocycles. The van der Waals surface area contributed by atoms with Gasteiger partial charge in [0.25, 0.3) is 0 Å². The van der Waals surface area contributed by atoms with E-state index < -0.39 is 12.1 Å². The molecule has 4 nitrogen and oxygen atoms in total. The van der Waals surface area contributed by atoms with Crippen LogP contribution in [0.4, 0.5) is 4.79 Å². The van der Waals surface area contributed by atoms with E-state index in [0.717, 1.165) is 12.8 Å². The van der Waals surface area contributed by atoms with E-state index in [4.69, 9.17) is 4.74 Å². The van der Waals surface area contributed by atoms with Crippen molar-refractivity contribution in [1.29, 1.82) is 0 Å². The van der Waals surface area contributed by atoms with Crippen LogP contribution in [0.3, 0.4) is 0 Å². The van der Waals surface area contributed by atoms with Crippen LogP contribution in [-0.4, -0.2) is 24.0 Å². The molecule has 2 fully saturated rings. The largest absolute Gasteiger partial charge is 0.446 e. The Hall–Kier alpha value is -1.06. The number of rotatable bonds is 3. The van der Waals surface area contributed by atoms with Crippen molar-refractivity contribution < 1.29 is 14.3 Å². The molecule has 2 bridgehead atoms. The van der Waals surface area contributed by atoms with Gasteiger partial charge in [-0.05, 0) is 42.9 Å². The molecule has 126 valence electrons. The molecular weight excluding hydrogens is 278 g/mol. The zero-order valence-corrected chi connectivity index (χ0v) is 15.1. The van der Waals surface area contributed by atoms with Gasteiger partial charge in [0.15, 0.2) is 5.78 Å². The van der Waals surface area contributed by atoms with Gasteiger partial charge in [-0.2, -0.15) is 0 Å². The summed E-state index contributed by atoms with van der Waals surface area (Å²) in [5.41, 5.74) is -0.0624. The summed E-state index contributed by atoms with van der Waals surface area (Å²) in [4.78, 5) is 24.1. The molecule has 1 amide bonds. The van der Waals surface area contributed by atoms with Crippen LogP contribution in [0, 0.1) is 22.2 Å². The molecule has 22 heavy (non-hydrogen) atoms. The predicted octanol–water partition coefficient (Wildman–Crippen LogP) is 3.93. The second-order valence-corrected chi connectivity index (χ2v) is 9.06. The number of alkyl carbamates (subject to hydrolysis) is 1. The molecule has 0 aromatic rings. The Kier molecular flexibility index (Phi) is 4.12. The Morgan fingerprint density at radius 3 is 2.18 bits per heavy atom. The van der Waals surface area contributed by atoms with Gasteiger partial charge in [-0.1, -0.05) is 41.5 Å². The Balaban J connectivity index is 2.03. The molecule has 4 heteroatoms. The molecule has 2 unspecified atom stereocenters. The minimum absolute atomic E-state index is 0.0380. The highest BCUT2D eigenvalue weighted by Crippen LogP contribution is 2.66. The normalized spacial score (nSPS) is 34.3. The van der Waals surface area contributed by atoms with E-state index in [1.807, 2.05) is 20.8 Å². The second kappa shape index (κ2) is 5.24. The molecule has 4 atom stereocenters. The number of carbonyl (C=O) groups is 2. The maximum absolute atomic E-state index is 12.3. The molecule has 0 saturated heterocycles. The van der Waals surface area contributed by atoms with Gasteiger partial charge in [-0.3, -0.25) is 4.79 Å². The van der Waals surface area contributed by atoms with Gasteiger partial charge in [0.2, 0.25) is 0 Å². The van der Waals surface area contributed by atoms with Crippen molar-refractivity contribution in [2.45, 2.75) is 79.9 Å². The van der Waals surface area contributed by atoms with E-state index in [0.29, 0.717) is 5.92 Å². The van der Waals surface area contributed by atoms with Crippen LogP contribution >= 0.6 is 0 Å². The SMILES string of the molecule is CC(=O)[C@@H](NC(=O)O[C@H]1CC2CCC1(C)C2(C)C)C(C)(C)C. The van der Waals surface area contributed by atoms with Gasteiger partial charge < -0.3 is 10.1 Å². The lowest BCUT2D eigenvalue weighted by molar-refractivity contribution is -0.121. The average molecular weight is 309 g/mol. The van der Waals surface area contributed by atoms with E-state index in [1.54, 1.807) is 0 Å². The Morgan fingerprint density at radius 1 is 1.23 bits per heavy atom. The second-order valence-electron chi connectivity index (χ2n) is 9.06. The first-order chi connectivity index (χ1) is 9.89. The zero-order chi connectivity index (χ0) is 16.9. The lowest BCUT2D eigenvalue weighted by Crippen LogP contribution is -2.50. The van der Waals surface area contributed by atoms with Crippen molar-refractivity contribution >= 4 is 11.9 Å². The highest BCUT2D eigenvalue weighted by atomic mass is 16.6. The van der Waals surface area contributed by atoms with Crippen LogP contribution in [0.5, 0.6) is 0 Å². The van der Waals surface area contributed by atoms with E-state index in [9.17, 15) is 9.59 Å². The van der Waals surface area contributed by atoms with Crippen molar-refractivity contribution in [2.24, 2.45) is 22.2 Å². The predicted molar refractivity (Wildman–Crippen MR) is 86.6 cm³/mol. The van der Waals surface area contributed by atoms with Gasteiger partial charge in [-0.15, -0.1) is 0 Å². The molecule has 1 N–H and O–H groups in total. The van der Waals surface area contributed by atoms with Crippen molar-refractivity contribution in [3.8, 4) is 0 Å². The third-order valence-electron chi connectivity index (χ3n) is 6.50. The topological polar surface area (TPSA) is 55.4 Å². The minimum atomic E-state index is -0.514. The van der Waals surface area contributed by atoms with E-state index in [-0.39, 0.29) is 28.1 Å². The zero-order valence-electron chi connectivity index (χ0n) is 15.1. The Morgan fingerprint density at radius 2 is 1.82 bits per heavy atom. The average Bonchev–Trinajstić information content (AvgIpc) is 2.67. The third-order valence-corrected chi connectivity index (χ3v) is 6.50. The lowest BCUT2D eigenvalue weighted by atomic mass is 9.70. The van der Waals surface area contributed by atoms with Crippen molar-refractivity contribution in [2.75, 3.05) is 0 Å². The maximum Gasteiger partial charge on any atom is 0.408 e. The molecule has 0 aromatic heterocycles. The fourth-order valence-electron chi connectivity index (χ4n) is 4.52. The highest BCUT2D eigenvalue weighted by Gasteiger charge is 2.63. The molecule has 2 saturated carbocycles. The number of Topliss-reactive ketones (excluding diaryl/α,β-unsaturated/α-hetero) is 1. The first kappa shape index (κ1) is 17.3. The number of ether oxygens (including phenoxy) is 1. The van der Waals surface area contributed by atoms with Gasteiger partial charge >= 0.3 is 6.09 Å². The fraction of sp³-hybridized carbons (Fsp3) is 0.889. The number of amides is 1. The monoisotopic (exact) mass is 309 g/mol. The van der Waals surface area contributed by atoms with Crippen LogP contribution in [0.15, 0.2) is 0 Å². The van der Waals surface area contributed by atoms with Gasteiger partial charge in [0, 0.05) is 5.41 Å². The number of hydrogen-bond donors (Lipinski definition) is 1. The fourth-order valence-corrected chi connectivity index (χ4v) is 4.52. The summed E-state index contributed by atoms with van der Waals surface area (Å²) in [7, 11) is 0. The highest BCUT2D eigenvalue weighted by molar-refractivity contribution is 5.86. The number of carbonyl (C=O) groups excluding carboxylic acids is 2. The van der Waals surface area contributed by atoms with E-state index in [2.05, 4.69) is 26.1 Å². The molecule has 2 aliphatic carbocycles. The minimum Gasteiger partial charge on any atom is -0.446 e. The van der Waals surface area contributed by atoms with Crippen molar-refractivity contribution in [1.82, 2.24) is 5.32 Å². The Bertz CT molecular complexity index is 477. The van der Waals surface area contributed by atoms with Crippen LogP contribution < -0.4 is 5.32 Å². The van der Waals surface area contributed by atoms with Crippen LogP contribution in [0.1, 0.15) is 67.7 Å². The number of fused-ring (bicyclic) bond motifs is 2. The van der Waals surface area contributed by atoms with Crippen LogP contribution in [0.2, 0.25) is 0 Å². The molecule has 2 rings (SSSR count). The summed E-state index contributed by atoms with van der Waals surface area (Å²) in [5.74, 6) is 0.588. The number of hydrogen-bond acceptors (Lipinski definition) is 3. The van der Waals surface area contributed by atoms with Crippen LogP contribution in [-0.2, 0) is 9.53 Å². The first-order valence-corrected chi connectivity index (χ1v) is 8.37. The summed E-state index contributed by atoms with van der Waals surface area (Å²) < 4.78 is 5.76. The van der Waals surface area contributed by atoms with E-state index in [1.165, 1.54) is 13.3 Å². The summed E-state index contributed by atoms with van der Waals surface area (Å²) in [6.45, 7) is 14.2. The standard InChI is InChI=1S/C18H31NO3/c1-11(20)14(16(2,3)4)19-15(21)22-13-10-12-8-9-18(13,7)17(12,5)6/h12-14H,8-10H2,1-7H3,(H,19,21)/t12?,13-,14+,18?/m0/s1. The third kappa shape index (κ3) is 2.65. The lowest BCUT2D eigenvalue weighted by Gasteiger charge is -2.38. The van der Waals surface area contributed by atoms with Crippen molar-refractivity contribution in [3.63, 3.8) is 0 Å². The molecule has 0 spiro atoms. The van der Waals surface area contributed by atoms with E-state index >= 15 is 0 Å². The maximum atomic E-state index is 12.3.